The van der Waals surface area contributed by atoms with E-state index in [1.54, 1.807) is 51.1 Å². The number of hydrogen-bond donors (Lipinski definition) is 3. The zero-order valence-corrected chi connectivity index (χ0v) is 17.2. The molecule has 1 saturated heterocycles. The predicted molar refractivity (Wildman–Crippen MR) is 111 cm³/mol. The number of carbonyl (C=O) groups is 3. The summed E-state index contributed by atoms with van der Waals surface area (Å²) in [6, 6.07) is 6.90. The van der Waals surface area contributed by atoms with Crippen LogP contribution in [0.3, 0.4) is 0 Å². The van der Waals surface area contributed by atoms with Crippen LogP contribution in [0.1, 0.15) is 40.0 Å². The monoisotopic (exact) mass is 403 g/mol. The van der Waals surface area contributed by atoms with E-state index in [2.05, 4.69) is 16.0 Å². The Kier molecular flexibility index (Phi) is 8.21. The van der Waals surface area contributed by atoms with Crippen molar-refractivity contribution in [2.24, 2.45) is 0 Å². The molecule has 3 N–H and O–H groups in total. The van der Waals surface area contributed by atoms with Gasteiger partial charge in [0.25, 0.3) is 0 Å². The molecule has 0 radical (unpaired) electrons. The van der Waals surface area contributed by atoms with Crippen LogP contribution in [-0.4, -0.2) is 43.3 Å². The lowest BCUT2D eigenvalue weighted by molar-refractivity contribution is -0.116. The molecule has 0 saturated carbocycles. The number of hydrogen-bond acceptors (Lipinski definition) is 5. The Morgan fingerprint density at radius 3 is 2.41 bits per heavy atom. The number of benzene rings is 1. The Labute approximate surface area is 171 Å². The third-order valence-electron chi connectivity index (χ3n) is 3.90. The van der Waals surface area contributed by atoms with Crippen LogP contribution in [0.5, 0.6) is 0 Å². The Hall–Kier alpha value is -2.87. The molecule has 0 aromatic heterocycles. The number of carbonyl (C=O) groups excluding carboxylic acids is 3. The van der Waals surface area contributed by atoms with E-state index in [0.717, 1.165) is 18.4 Å². The number of amides is 3. The molecule has 0 atom stereocenters. The maximum Gasteiger partial charge on any atom is 0.407 e. The van der Waals surface area contributed by atoms with Gasteiger partial charge in [0.2, 0.25) is 11.8 Å². The summed E-state index contributed by atoms with van der Waals surface area (Å²) in [6.45, 7) is 6.75. The second-order valence-corrected chi connectivity index (χ2v) is 7.71. The van der Waals surface area contributed by atoms with Crippen molar-refractivity contribution in [3.63, 3.8) is 0 Å². The molecule has 0 aliphatic carbocycles. The zero-order chi connectivity index (χ0) is 21.3. The van der Waals surface area contributed by atoms with Crippen LogP contribution in [0.25, 0.3) is 0 Å². The summed E-state index contributed by atoms with van der Waals surface area (Å²) in [4.78, 5) is 35.8. The van der Waals surface area contributed by atoms with Crippen LogP contribution in [0.4, 0.5) is 16.2 Å². The highest BCUT2D eigenvalue weighted by Gasteiger charge is 2.16. The first-order valence-electron chi connectivity index (χ1n) is 9.66. The molecule has 8 nitrogen and oxygen atoms in total. The maximum absolute atomic E-state index is 12.2. The van der Waals surface area contributed by atoms with Gasteiger partial charge in [-0.2, -0.15) is 0 Å². The number of ether oxygens (including phenoxy) is 2. The highest BCUT2D eigenvalue weighted by molar-refractivity contribution is 6.00. The number of nitrogens with one attached hydrogen (secondary N) is 3. The number of rotatable bonds is 6. The normalized spacial score (nSPS) is 14.0. The van der Waals surface area contributed by atoms with Crippen molar-refractivity contribution in [3.8, 4) is 0 Å². The van der Waals surface area contributed by atoms with Gasteiger partial charge in [-0.05, 0) is 51.8 Å². The lowest BCUT2D eigenvalue weighted by Crippen LogP contribution is -2.34. The predicted octanol–water partition coefficient (Wildman–Crippen LogP) is 3.22. The molecule has 0 spiro atoms. The molecule has 1 aliphatic rings. The molecule has 1 aliphatic heterocycles. The Bertz CT molecular complexity index is 760. The van der Waals surface area contributed by atoms with Gasteiger partial charge in [0.15, 0.2) is 0 Å². The fourth-order valence-electron chi connectivity index (χ4n) is 2.63. The highest BCUT2D eigenvalue weighted by atomic mass is 16.6. The van der Waals surface area contributed by atoms with Crippen LogP contribution in [0.2, 0.25) is 0 Å². The average Bonchev–Trinajstić information content (AvgIpc) is 2.61. The smallest absolute Gasteiger partial charge is 0.407 e. The molecule has 29 heavy (non-hydrogen) atoms. The van der Waals surface area contributed by atoms with Gasteiger partial charge in [0.05, 0.1) is 13.2 Å². The topological polar surface area (TPSA) is 106 Å². The molecule has 2 rings (SSSR count). The Morgan fingerprint density at radius 2 is 1.76 bits per heavy atom. The van der Waals surface area contributed by atoms with E-state index >= 15 is 0 Å². The van der Waals surface area contributed by atoms with Gasteiger partial charge in [-0.25, -0.2) is 4.79 Å². The number of anilines is 2. The summed E-state index contributed by atoms with van der Waals surface area (Å²) < 4.78 is 10.4. The second-order valence-electron chi connectivity index (χ2n) is 7.71. The van der Waals surface area contributed by atoms with Gasteiger partial charge in [0, 0.05) is 30.4 Å². The first-order chi connectivity index (χ1) is 13.7. The first kappa shape index (κ1) is 22.4. The van der Waals surface area contributed by atoms with Gasteiger partial charge >= 0.3 is 6.09 Å². The molecule has 0 unspecified atom stereocenters. The van der Waals surface area contributed by atoms with Crippen molar-refractivity contribution in [3.05, 3.63) is 35.9 Å². The highest BCUT2D eigenvalue weighted by Crippen LogP contribution is 2.17. The average molecular weight is 403 g/mol. The molecule has 1 aromatic carbocycles. The van der Waals surface area contributed by atoms with E-state index in [0.29, 0.717) is 24.6 Å². The summed E-state index contributed by atoms with van der Waals surface area (Å²) in [7, 11) is 0. The molecular formula is C21H29N3O5. The van der Waals surface area contributed by atoms with Crippen molar-refractivity contribution < 1.29 is 23.9 Å². The van der Waals surface area contributed by atoms with E-state index in [1.807, 2.05) is 0 Å². The van der Waals surface area contributed by atoms with Crippen LogP contribution >= 0.6 is 0 Å². The molecule has 1 fully saturated rings. The first-order valence-corrected chi connectivity index (χ1v) is 9.66. The molecule has 3 amide bonds. The standard InChI is InChI=1S/C21H29N3O5/c1-21(2,3)29-20(27)22-10-7-18(25)23-16-5-4-6-17(14-16)24-19(26)13-15-8-11-28-12-9-15/h4-6,13-14H,7-12H2,1-3H3,(H,22,27)(H,23,25)(H,24,26). The van der Waals surface area contributed by atoms with Crippen LogP contribution in [0.15, 0.2) is 35.9 Å². The van der Waals surface area contributed by atoms with Crippen molar-refractivity contribution in [1.82, 2.24) is 5.32 Å². The van der Waals surface area contributed by atoms with Crippen molar-refractivity contribution >= 4 is 29.3 Å². The lowest BCUT2D eigenvalue weighted by Gasteiger charge is -2.19. The number of alkyl carbamates (subject to hydrolysis) is 1. The second kappa shape index (κ2) is 10.6. The minimum atomic E-state index is -0.585. The van der Waals surface area contributed by atoms with E-state index in [4.69, 9.17) is 9.47 Å². The molecule has 0 bridgehead atoms. The van der Waals surface area contributed by atoms with E-state index in [-0.39, 0.29) is 24.8 Å². The molecule has 1 aromatic rings. The van der Waals surface area contributed by atoms with Gasteiger partial charge in [-0.15, -0.1) is 0 Å². The van der Waals surface area contributed by atoms with E-state index < -0.39 is 11.7 Å². The minimum Gasteiger partial charge on any atom is -0.444 e. The summed E-state index contributed by atoms with van der Waals surface area (Å²) in [5.41, 5.74) is 1.63. The lowest BCUT2D eigenvalue weighted by atomic mass is 10.1. The van der Waals surface area contributed by atoms with Crippen molar-refractivity contribution in [1.29, 1.82) is 0 Å². The third-order valence-corrected chi connectivity index (χ3v) is 3.90. The van der Waals surface area contributed by atoms with Crippen LogP contribution in [-0.2, 0) is 19.1 Å². The van der Waals surface area contributed by atoms with E-state index in [9.17, 15) is 14.4 Å². The molecule has 1 heterocycles. The summed E-state index contributed by atoms with van der Waals surface area (Å²) in [5.74, 6) is -0.458. The maximum atomic E-state index is 12.2. The summed E-state index contributed by atoms with van der Waals surface area (Å²) >= 11 is 0. The third kappa shape index (κ3) is 9.25. The fourth-order valence-corrected chi connectivity index (χ4v) is 2.63. The molecule has 8 heteroatoms. The van der Waals surface area contributed by atoms with Crippen LogP contribution < -0.4 is 16.0 Å². The minimum absolute atomic E-state index is 0.101. The summed E-state index contributed by atoms with van der Waals surface area (Å²) in [6.07, 6.45) is 2.68. The van der Waals surface area contributed by atoms with Gasteiger partial charge in [0.1, 0.15) is 5.60 Å². The zero-order valence-electron chi connectivity index (χ0n) is 17.2. The SMILES string of the molecule is CC(C)(C)OC(=O)NCCC(=O)Nc1cccc(NC(=O)C=C2CCOCC2)c1. The summed E-state index contributed by atoms with van der Waals surface area (Å²) in [5, 5.41) is 8.08. The van der Waals surface area contributed by atoms with Crippen LogP contribution in [0, 0.1) is 0 Å². The van der Waals surface area contributed by atoms with Gasteiger partial charge in [-0.1, -0.05) is 11.6 Å². The fraction of sp³-hybridized carbons (Fsp3) is 0.476. The molecular weight excluding hydrogens is 374 g/mol. The van der Waals surface area contributed by atoms with Gasteiger partial charge in [-0.3, -0.25) is 9.59 Å². The molecule has 158 valence electrons. The quantitative estimate of drug-likeness (QED) is 0.633. The Balaban J connectivity index is 1.79. The van der Waals surface area contributed by atoms with E-state index in [1.165, 1.54) is 0 Å². The largest absolute Gasteiger partial charge is 0.444 e. The van der Waals surface area contributed by atoms with Gasteiger partial charge < -0.3 is 25.4 Å². The van der Waals surface area contributed by atoms with Crippen molar-refractivity contribution in [2.75, 3.05) is 30.4 Å². The Morgan fingerprint density at radius 1 is 1.10 bits per heavy atom. The van der Waals surface area contributed by atoms with Crippen molar-refractivity contribution in [2.45, 2.75) is 45.6 Å².